The molecule has 0 aliphatic rings. The standard InChI is InChI=1S/C17H28N2O2/c1-4-5-6-11-19(14(2)3)17(20)10-12-21-16-9-7-8-15(18)13-16/h7-9,13-14H,4-6,10-12,18H2,1-3H3. The van der Waals surface area contributed by atoms with Gasteiger partial charge in [0.2, 0.25) is 5.91 Å². The van der Waals surface area contributed by atoms with Crippen LogP contribution in [0.1, 0.15) is 46.5 Å². The van der Waals surface area contributed by atoms with Gasteiger partial charge in [-0.25, -0.2) is 0 Å². The van der Waals surface area contributed by atoms with Crippen molar-refractivity contribution in [2.45, 2.75) is 52.5 Å². The molecular weight excluding hydrogens is 264 g/mol. The van der Waals surface area contributed by atoms with E-state index < -0.39 is 0 Å². The number of carbonyl (C=O) groups is 1. The zero-order valence-corrected chi connectivity index (χ0v) is 13.5. The van der Waals surface area contributed by atoms with E-state index in [1.165, 1.54) is 6.42 Å². The SMILES string of the molecule is CCCCCN(C(=O)CCOc1cccc(N)c1)C(C)C. The number of ether oxygens (including phenoxy) is 1. The molecule has 0 radical (unpaired) electrons. The van der Waals surface area contributed by atoms with E-state index in [4.69, 9.17) is 10.5 Å². The number of anilines is 1. The highest BCUT2D eigenvalue weighted by molar-refractivity contribution is 5.76. The third kappa shape index (κ3) is 6.52. The molecule has 0 aliphatic carbocycles. The Labute approximate surface area is 128 Å². The third-order valence-electron chi connectivity index (χ3n) is 3.39. The normalized spacial score (nSPS) is 10.7. The van der Waals surface area contributed by atoms with Gasteiger partial charge in [-0.15, -0.1) is 0 Å². The largest absolute Gasteiger partial charge is 0.493 e. The summed E-state index contributed by atoms with van der Waals surface area (Å²) in [4.78, 5) is 14.2. The first-order valence-corrected chi connectivity index (χ1v) is 7.82. The summed E-state index contributed by atoms with van der Waals surface area (Å²) in [7, 11) is 0. The fraction of sp³-hybridized carbons (Fsp3) is 0.588. The summed E-state index contributed by atoms with van der Waals surface area (Å²) < 4.78 is 5.59. The molecule has 4 nitrogen and oxygen atoms in total. The Morgan fingerprint density at radius 1 is 1.33 bits per heavy atom. The molecule has 0 fully saturated rings. The van der Waals surface area contributed by atoms with Crippen molar-refractivity contribution in [3.8, 4) is 5.75 Å². The summed E-state index contributed by atoms with van der Waals surface area (Å²) in [5.74, 6) is 0.870. The second-order valence-corrected chi connectivity index (χ2v) is 5.56. The van der Waals surface area contributed by atoms with Gasteiger partial charge < -0.3 is 15.4 Å². The number of benzene rings is 1. The lowest BCUT2D eigenvalue weighted by Crippen LogP contribution is -2.38. The number of nitrogen functional groups attached to an aromatic ring is 1. The molecule has 0 bridgehead atoms. The Morgan fingerprint density at radius 2 is 2.10 bits per heavy atom. The van der Waals surface area contributed by atoms with Crippen molar-refractivity contribution in [2.24, 2.45) is 0 Å². The monoisotopic (exact) mass is 292 g/mol. The van der Waals surface area contributed by atoms with Crippen molar-refractivity contribution >= 4 is 11.6 Å². The first kappa shape index (κ1) is 17.3. The van der Waals surface area contributed by atoms with Crippen LogP contribution in [0.15, 0.2) is 24.3 Å². The molecule has 2 N–H and O–H groups in total. The van der Waals surface area contributed by atoms with E-state index >= 15 is 0 Å². The van der Waals surface area contributed by atoms with E-state index in [9.17, 15) is 4.79 Å². The quantitative estimate of drug-likeness (QED) is 0.560. The number of hydrogen-bond acceptors (Lipinski definition) is 3. The minimum atomic E-state index is 0.157. The number of rotatable bonds is 9. The number of nitrogens with zero attached hydrogens (tertiary/aromatic N) is 1. The predicted molar refractivity (Wildman–Crippen MR) is 87.3 cm³/mol. The molecule has 0 saturated carbocycles. The van der Waals surface area contributed by atoms with Crippen LogP contribution in [0.25, 0.3) is 0 Å². The van der Waals surface area contributed by atoms with Crippen LogP contribution in [0, 0.1) is 0 Å². The van der Waals surface area contributed by atoms with Gasteiger partial charge >= 0.3 is 0 Å². The van der Waals surface area contributed by atoms with Crippen molar-refractivity contribution in [3.63, 3.8) is 0 Å². The van der Waals surface area contributed by atoms with Crippen LogP contribution in [0.2, 0.25) is 0 Å². The summed E-state index contributed by atoms with van der Waals surface area (Å²) >= 11 is 0. The van der Waals surface area contributed by atoms with E-state index in [0.717, 1.165) is 19.4 Å². The van der Waals surface area contributed by atoms with E-state index in [1.54, 1.807) is 6.07 Å². The van der Waals surface area contributed by atoms with Crippen LogP contribution in [0.3, 0.4) is 0 Å². The molecule has 1 aromatic rings. The Hall–Kier alpha value is -1.71. The lowest BCUT2D eigenvalue weighted by molar-refractivity contribution is -0.133. The second kappa shape index (κ2) is 9.27. The highest BCUT2D eigenvalue weighted by Gasteiger charge is 2.16. The lowest BCUT2D eigenvalue weighted by Gasteiger charge is -2.27. The average Bonchev–Trinajstić information content (AvgIpc) is 2.43. The third-order valence-corrected chi connectivity index (χ3v) is 3.39. The van der Waals surface area contributed by atoms with Crippen molar-refractivity contribution in [2.75, 3.05) is 18.9 Å². The minimum absolute atomic E-state index is 0.157. The highest BCUT2D eigenvalue weighted by atomic mass is 16.5. The Morgan fingerprint density at radius 3 is 2.71 bits per heavy atom. The molecule has 0 heterocycles. The number of carbonyl (C=O) groups excluding carboxylic acids is 1. The zero-order chi connectivity index (χ0) is 15.7. The van der Waals surface area contributed by atoms with Crippen molar-refractivity contribution < 1.29 is 9.53 Å². The van der Waals surface area contributed by atoms with Crippen molar-refractivity contribution in [1.82, 2.24) is 4.90 Å². The van der Waals surface area contributed by atoms with E-state index in [1.807, 2.05) is 23.1 Å². The summed E-state index contributed by atoms with van der Waals surface area (Å²) in [5, 5.41) is 0. The van der Waals surface area contributed by atoms with Crippen LogP contribution < -0.4 is 10.5 Å². The van der Waals surface area contributed by atoms with Crippen LogP contribution in [-0.2, 0) is 4.79 Å². The topological polar surface area (TPSA) is 55.6 Å². The molecule has 0 spiro atoms. The van der Waals surface area contributed by atoms with Crippen molar-refractivity contribution in [3.05, 3.63) is 24.3 Å². The molecule has 0 unspecified atom stereocenters. The molecule has 0 aromatic heterocycles. The van der Waals surface area contributed by atoms with Gasteiger partial charge in [0, 0.05) is 24.3 Å². The van der Waals surface area contributed by atoms with Gasteiger partial charge in [-0.05, 0) is 32.4 Å². The molecule has 1 amide bonds. The van der Waals surface area contributed by atoms with E-state index in [2.05, 4.69) is 20.8 Å². The fourth-order valence-corrected chi connectivity index (χ4v) is 2.21. The molecule has 0 atom stereocenters. The Kier molecular flexibility index (Phi) is 7.65. The highest BCUT2D eigenvalue weighted by Crippen LogP contribution is 2.15. The summed E-state index contributed by atoms with van der Waals surface area (Å²) in [6, 6.07) is 7.51. The van der Waals surface area contributed by atoms with Gasteiger partial charge in [0.25, 0.3) is 0 Å². The average molecular weight is 292 g/mol. The molecule has 1 aromatic carbocycles. The van der Waals surface area contributed by atoms with Crippen LogP contribution in [0.4, 0.5) is 5.69 Å². The molecule has 0 aliphatic heterocycles. The Bertz CT molecular complexity index is 433. The van der Waals surface area contributed by atoms with E-state index in [0.29, 0.717) is 24.5 Å². The summed E-state index contributed by atoms with van der Waals surface area (Å²) in [5.41, 5.74) is 6.36. The maximum absolute atomic E-state index is 12.3. The molecule has 118 valence electrons. The fourth-order valence-electron chi connectivity index (χ4n) is 2.21. The maximum atomic E-state index is 12.3. The summed E-state index contributed by atoms with van der Waals surface area (Å²) in [6.45, 7) is 7.51. The number of nitrogens with two attached hydrogens (primary N) is 1. The molecule has 4 heteroatoms. The minimum Gasteiger partial charge on any atom is -0.493 e. The Balaban J connectivity index is 2.39. The number of hydrogen-bond donors (Lipinski definition) is 1. The zero-order valence-electron chi connectivity index (χ0n) is 13.5. The van der Waals surface area contributed by atoms with Gasteiger partial charge in [0.1, 0.15) is 5.75 Å². The second-order valence-electron chi connectivity index (χ2n) is 5.56. The lowest BCUT2D eigenvalue weighted by atomic mass is 10.2. The molecular formula is C17H28N2O2. The van der Waals surface area contributed by atoms with Gasteiger partial charge in [-0.3, -0.25) is 4.79 Å². The van der Waals surface area contributed by atoms with Crippen molar-refractivity contribution in [1.29, 1.82) is 0 Å². The molecule has 0 saturated heterocycles. The molecule has 1 rings (SSSR count). The first-order valence-electron chi connectivity index (χ1n) is 7.82. The first-order chi connectivity index (χ1) is 10.0. The summed E-state index contributed by atoms with van der Waals surface area (Å²) in [6.07, 6.45) is 3.80. The number of amides is 1. The molecule has 21 heavy (non-hydrogen) atoms. The van der Waals surface area contributed by atoms with Gasteiger partial charge in [0.15, 0.2) is 0 Å². The smallest absolute Gasteiger partial charge is 0.226 e. The number of unbranched alkanes of at least 4 members (excludes halogenated alkanes) is 2. The van der Waals surface area contributed by atoms with Crippen LogP contribution in [0.5, 0.6) is 5.75 Å². The van der Waals surface area contributed by atoms with Gasteiger partial charge in [0.05, 0.1) is 13.0 Å². The van der Waals surface area contributed by atoms with Gasteiger partial charge in [-0.1, -0.05) is 25.8 Å². The van der Waals surface area contributed by atoms with Crippen LogP contribution >= 0.6 is 0 Å². The maximum Gasteiger partial charge on any atom is 0.226 e. The van der Waals surface area contributed by atoms with Gasteiger partial charge in [-0.2, -0.15) is 0 Å². The van der Waals surface area contributed by atoms with Crippen LogP contribution in [-0.4, -0.2) is 30.0 Å². The predicted octanol–water partition coefficient (Wildman–Crippen LogP) is 3.46. The van der Waals surface area contributed by atoms with E-state index in [-0.39, 0.29) is 11.9 Å².